The molecule has 28 heavy (non-hydrogen) atoms. The first kappa shape index (κ1) is 19.6. The van der Waals surface area contributed by atoms with E-state index in [4.69, 9.17) is 16.7 Å². The highest BCUT2D eigenvalue weighted by molar-refractivity contribution is 6.30. The summed E-state index contributed by atoms with van der Waals surface area (Å²) in [7, 11) is 0. The molecule has 0 aliphatic rings. The SMILES string of the molecule is Cc1nn(Cc2ccc(Cl)cc2)c(C)c1NC(=O)c1ccn(CCC(=O)O)n1. The second kappa shape index (κ2) is 8.26. The molecular weight excluding hydrogens is 382 g/mol. The van der Waals surface area contributed by atoms with E-state index >= 15 is 0 Å². The fourth-order valence-corrected chi connectivity index (χ4v) is 2.92. The molecule has 2 aromatic heterocycles. The first-order valence-electron chi connectivity index (χ1n) is 8.68. The first-order valence-corrected chi connectivity index (χ1v) is 9.06. The molecule has 2 N–H and O–H groups in total. The van der Waals surface area contributed by atoms with Crippen LogP contribution in [0.1, 0.15) is 33.9 Å². The zero-order valence-electron chi connectivity index (χ0n) is 15.5. The molecule has 0 saturated carbocycles. The monoisotopic (exact) mass is 401 g/mol. The number of aromatic nitrogens is 4. The number of carboxylic acid groups (broad SMARTS) is 1. The number of halogens is 1. The lowest BCUT2D eigenvalue weighted by atomic mass is 10.2. The number of benzene rings is 1. The molecule has 3 aromatic rings. The van der Waals surface area contributed by atoms with Gasteiger partial charge in [-0.05, 0) is 37.6 Å². The quantitative estimate of drug-likeness (QED) is 0.633. The van der Waals surface area contributed by atoms with Crippen molar-refractivity contribution in [2.24, 2.45) is 0 Å². The number of aryl methyl sites for hydroxylation is 2. The largest absolute Gasteiger partial charge is 0.481 e. The molecule has 0 fully saturated rings. The fourth-order valence-electron chi connectivity index (χ4n) is 2.79. The highest BCUT2D eigenvalue weighted by atomic mass is 35.5. The highest BCUT2D eigenvalue weighted by Crippen LogP contribution is 2.21. The number of hydrogen-bond donors (Lipinski definition) is 2. The lowest BCUT2D eigenvalue weighted by Crippen LogP contribution is -2.15. The molecule has 146 valence electrons. The van der Waals surface area contributed by atoms with Crippen molar-refractivity contribution in [2.45, 2.75) is 33.4 Å². The van der Waals surface area contributed by atoms with E-state index in [9.17, 15) is 9.59 Å². The summed E-state index contributed by atoms with van der Waals surface area (Å²) in [6, 6.07) is 9.07. The van der Waals surface area contributed by atoms with Crippen LogP contribution in [0.4, 0.5) is 5.69 Å². The number of rotatable bonds is 7. The third kappa shape index (κ3) is 4.58. The molecular formula is C19H20ClN5O3. The summed E-state index contributed by atoms with van der Waals surface area (Å²) in [6.45, 7) is 4.48. The van der Waals surface area contributed by atoms with Gasteiger partial charge in [0.05, 0.1) is 36.6 Å². The summed E-state index contributed by atoms with van der Waals surface area (Å²) in [5.74, 6) is -1.29. The summed E-state index contributed by atoms with van der Waals surface area (Å²) < 4.78 is 3.26. The Balaban J connectivity index is 1.72. The predicted octanol–water partition coefficient (Wildman–Crippen LogP) is 3.13. The van der Waals surface area contributed by atoms with E-state index in [1.165, 1.54) is 4.68 Å². The third-order valence-electron chi connectivity index (χ3n) is 4.29. The summed E-state index contributed by atoms with van der Waals surface area (Å²) in [4.78, 5) is 23.2. The first-order chi connectivity index (χ1) is 13.3. The van der Waals surface area contributed by atoms with Crippen molar-refractivity contribution in [3.63, 3.8) is 0 Å². The van der Waals surface area contributed by atoms with Crippen molar-refractivity contribution < 1.29 is 14.7 Å². The number of anilines is 1. The van der Waals surface area contributed by atoms with E-state index in [-0.39, 0.29) is 24.6 Å². The van der Waals surface area contributed by atoms with Gasteiger partial charge < -0.3 is 10.4 Å². The van der Waals surface area contributed by atoms with Crippen molar-refractivity contribution in [2.75, 3.05) is 5.32 Å². The van der Waals surface area contributed by atoms with E-state index in [0.717, 1.165) is 11.3 Å². The van der Waals surface area contributed by atoms with Crippen LogP contribution in [0.3, 0.4) is 0 Å². The van der Waals surface area contributed by atoms with Crippen LogP contribution in [0.5, 0.6) is 0 Å². The maximum Gasteiger partial charge on any atom is 0.305 e. The average molecular weight is 402 g/mol. The van der Waals surface area contributed by atoms with Gasteiger partial charge in [0.15, 0.2) is 5.69 Å². The molecule has 1 aromatic carbocycles. The second-order valence-corrected chi connectivity index (χ2v) is 6.83. The lowest BCUT2D eigenvalue weighted by Gasteiger charge is -2.07. The van der Waals surface area contributed by atoms with E-state index in [1.807, 2.05) is 42.8 Å². The molecule has 0 spiro atoms. The van der Waals surface area contributed by atoms with Gasteiger partial charge in [0.25, 0.3) is 5.91 Å². The number of aliphatic carboxylic acids is 1. The van der Waals surface area contributed by atoms with Gasteiger partial charge in [-0.2, -0.15) is 10.2 Å². The van der Waals surface area contributed by atoms with Gasteiger partial charge in [0.1, 0.15) is 0 Å². The second-order valence-electron chi connectivity index (χ2n) is 6.39. The summed E-state index contributed by atoms with van der Waals surface area (Å²) in [5.41, 5.74) is 3.43. The number of carbonyl (C=O) groups excluding carboxylic acids is 1. The Bertz CT molecular complexity index is 1010. The topological polar surface area (TPSA) is 102 Å². The van der Waals surface area contributed by atoms with Crippen LogP contribution in [-0.2, 0) is 17.9 Å². The number of nitrogens with zero attached hydrogens (tertiary/aromatic N) is 4. The summed E-state index contributed by atoms with van der Waals surface area (Å²) in [6.07, 6.45) is 1.53. The van der Waals surface area contributed by atoms with Gasteiger partial charge >= 0.3 is 5.97 Å². The van der Waals surface area contributed by atoms with Gasteiger partial charge in [-0.15, -0.1) is 0 Å². The van der Waals surface area contributed by atoms with Gasteiger partial charge in [-0.1, -0.05) is 23.7 Å². The predicted molar refractivity (Wildman–Crippen MR) is 105 cm³/mol. The van der Waals surface area contributed by atoms with Crippen LogP contribution in [-0.4, -0.2) is 36.5 Å². The molecule has 9 heteroatoms. The standard InChI is InChI=1S/C19H20ClN5O3/c1-12-18(13(2)25(22-12)11-14-3-5-15(20)6-4-14)21-19(28)16-7-9-24(23-16)10-8-17(26)27/h3-7,9H,8,10-11H2,1-2H3,(H,21,28)(H,26,27). The fraction of sp³-hybridized carbons (Fsp3) is 0.263. The average Bonchev–Trinajstić information content (AvgIpc) is 3.22. The molecule has 0 aliphatic carbocycles. The number of hydrogen-bond acceptors (Lipinski definition) is 4. The molecule has 1 amide bonds. The Hall–Kier alpha value is -3.13. The van der Waals surface area contributed by atoms with Crippen LogP contribution >= 0.6 is 11.6 Å². The zero-order valence-corrected chi connectivity index (χ0v) is 16.3. The van der Waals surface area contributed by atoms with Crippen molar-refractivity contribution >= 4 is 29.2 Å². The minimum atomic E-state index is -0.916. The van der Waals surface area contributed by atoms with Crippen molar-refractivity contribution in [1.82, 2.24) is 19.6 Å². The molecule has 0 saturated heterocycles. The molecule has 0 atom stereocenters. The van der Waals surface area contributed by atoms with Crippen molar-refractivity contribution in [3.8, 4) is 0 Å². The molecule has 0 radical (unpaired) electrons. The number of nitrogens with one attached hydrogen (secondary N) is 1. The Morgan fingerprint density at radius 3 is 2.54 bits per heavy atom. The van der Waals surface area contributed by atoms with Crippen LogP contribution in [0.15, 0.2) is 36.5 Å². The van der Waals surface area contributed by atoms with Gasteiger partial charge in [0.2, 0.25) is 0 Å². The molecule has 0 unspecified atom stereocenters. The third-order valence-corrected chi connectivity index (χ3v) is 4.55. The maximum absolute atomic E-state index is 12.5. The Morgan fingerprint density at radius 1 is 1.14 bits per heavy atom. The minimum absolute atomic E-state index is 0.0571. The van der Waals surface area contributed by atoms with Gasteiger partial charge in [-0.25, -0.2) is 0 Å². The smallest absolute Gasteiger partial charge is 0.305 e. The zero-order chi connectivity index (χ0) is 20.3. The Morgan fingerprint density at radius 2 is 1.86 bits per heavy atom. The molecule has 2 heterocycles. The van der Waals surface area contributed by atoms with Crippen molar-refractivity contribution in [3.05, 3.63) is 64.2 Å². The highest BCUT2D eigenvalue weighted by Gasteiger charge is 2.17. The van der Waals surface area contributed by atoms with E-state index < -0.39 is 5.97 Å². The van der Waals surface area contributed by atoms with Crippen LogP contribution in [0.2, 0.25) is 5.02 Å². The number of carbonyl (C=O) groups is 2. The molecule has 3 rings (SSSR count). The van der Waals surface area contributed by atoms with E-state index in [0.29, 0.717) is 22.9 Å². The van der Waals surface area contributed by atoms with Gasteiger partial charge in [0, 0.05) is 11.2 Å². The van der Waals surface area contributed by atoms with Crippen molar-refractivity contribution in [1.29, 1.82) is 0 Å². The normalized spacial score (nSPS) is 10.8. The molecule has 0 bridgehead atoms. The summed E-state index contributed by atoms with van der Waals surface area (Å²) >= 11 is 5.92. The minimum Gasteiger partial charge on any atom is -0.481 e. The van der Waals surface area contributed by atoms with E-state index in [2.05, 4.69) is 15.5 Å². The van der Waals surface area contributed by atoms with Crippen LogP contribution in [0, 0.1) is 13.8 Å². The Labute approximate surface area is 166 Å². The Kier molecular flexibility index (Phi) is 5.79. The molecule has 0 aliphatic heterocycles. The van der Waals surface area contributed by atoms with Crippen LogP contribution < -0.4 is 5.32 Å². The number of carboxylic acids is 1. The van der Waals surface area contributed by atoms with E-state index in [1.54, 1.807) is 12.3 Å². The summed E-state index contributed by atoms with van der Waals surface area (Å²) in [5, 5.41) is 20.9. The van der Waals surface area contributed by atoms with Crippen LogP contribution in [0.25, 0.3) is 0 Å². The van der Waals surface area contributed by atoms with Gasteiger partial charge in [-0.3, -0.25) is 19.0 Å². The number of amides is 1. The maximum atomic E-state index is 12.5. The lowest BCUT2D eigenvalue weighted by molar-refractivity contribution is -0.137. The molecule has 8 nitrogen and oxygen atoms in total.